The first-order valence-electron chi connectivity index (χ1n) is 5.05. The lowest BCUT2D eigenvalue weighted by Gasteiger charge is -2.05. The number of hydrogen-bond acceptors (Lipinski definition) is 5. The average molecular weight is 290 g/mol. The van der Waals surface area contributed by atoms with Crippen molar-refractivity contribution in [2.24, 2.45) is 5.14 Å². The van der Waals surface area contributed by atoms with Crippen LogP contribution in [-0.4, -0.2) is 37.5 Å². The Kier molecular flexibility index (Phi) is 5.60. The molecule has 0 spiro atoms. The summed E-state index contributed by atoms with van der Waals surface area (Å²) in [6.45, 7) is 0.0288. The van der Waals surface area contributed by atoms with Gasteiger partial charge in [0, 0.05) is 11.4 Å². The molecule has 100 valence electrons. The van der Waals surface area contributed by atoms with Gasteiger partial charge in [-0.05, 0) is 24.3 Å². The molecule has 0 radical (unpaired) electrons. The number of rotatable bonds is 6. The van der Waals surface area contributed by atoms with E-state index in [2.05, 4.69) is 5.32 Å². The van der Waals surface area contributed by atoms with Crippen LogP contribution in [0.3, 0.4) is 0 Å². The molecule has 1 rings (SSSR count). The van der Waals surface area contributed by atoms with Crippen LogP contribution in [0.15, 0.2) is 29.2 Å². The molecule has 0 aliphatic rings. The fraction of sp³-hybridized carbons (Fsp3) is 0.300. The van der Waals surface area contributed by atoms with Crippen molar-refractivity contribution in [3.05, 3.63) is 24.3 Å². The van der Waals surface area contributed by atoms with Gasteiger partial charge in [0.05, 0.1) is 17.3 Å². The minimum Gasteiger partial charge on any atom is -0.396 e. The van der Waals surface area contributed by atoms with Crippen LogP contribution in [0.2, 0.25) is 0 Å². The summed E-state index contributed by atoms with van der Waals surface area (Å²) in [7, 11) is -3.71. The van der Waals surface area contributed by atoms with Crippen molar-refractivity contribution in [3.8, 4) is 0 Å². The second kappa shape index (κ2) is 6.74. The quantitative estimate of drug-likeness (QED) is 0.639. The van der Waals surface area contributed by atoms with Gasteiger partial charge in [-0.2, -0.15) is 0 Å². The van der Waals surface area contributed by atoms with E-state index in [1.807, 2.05) is 0 Å². The number of carbonyl (C=O) groups excluding carboxylic acids is 1. The maximum atomic E-state index is 11.4. The van der Waals surface area contributed by atoms with Crippen molar-refractivity contribution in [2.45, 2.75) is 4.90 Å². The van der Waals surface area contributed by atoms with Gasteiger partial charge in [0.15, 0.2) is 0 Å². The highest BCUT2D eigenvalue weighted by Crippen LogP contribution is 2.13. The molecule has 0 aliphatic heterocycles. The molecule has 4 N–H and O–H groups in total. The molecule has 0 saturated heterocycles. The Morgan fingerprint density at radius 2 is 1.94 bits per heavy atom. The number of hydrogen-bond donors (Lipinski definition) is 3. The van der Waals surface area contributed by atoms with Crippen molar-refractivity contribution >= 4 is 33.4 Å². The van der Waals surface area contributed by atoms with Crippen LogP contribution < -0.4 is 10.5 Å². The average Bonchev–Trinajstić information content (AvgIpc) is 2.29. The Morgan fingerprint density at radius 1 is 1.33 bits per heavy atom. The van der Waals surface area contributed by atoms with Gasteiger partial charge in [-0.25, -0.2) is 13.6 Å². The number of amides is 1. The second-order valence-corrected chi connectivity index (χ2v) is 6.06. The lowest BCUT2D eigenvalue weighted by atomic mass is 10.3. The number of nitrogens with two attached hydrogens (primary N) is 1. The second-order valence-electron chi connectivity index (χ2n) is 3.39. The van der Waals surface area contributed by atoms with Crippen molar-refractivity contribution < 1.29 is 18.3 Å². The minimum atomic E-state index is -3.71. The van der Waals surface area contributed by atoms with Crippen LogP contribution in [0.5, 0.6) is 0 Å². The minimum absolute atomic E-state index is 0.00449. The van der Waals surface area contributed by atoms with E-state index in [4.69, 9.17) is 10.2 Å². The van der Waals surface area contributed by atoms with E-state index in [-0.39, 0.29) is 23.2 Å². The third kappa shape index (κ3) is 5.05. The first kappa shape index (κ1) is 15.0. The molecule has 18 heavy (non-hydrogen) atoms. The standard InChI is InChI=1S/C10H14N2O4S2/c11-18(15,16)9-3-1-8(2-4-9)12-10(14)7-17-6-5-13/h1-4,13H,5-7H2,(H,12,14)(H2,11,15,16). The zero-order valence-electron chi connectivity index (χ0n) is 9.50. The third-order valence-corrected chi connectivity index (χ3v) is 3.80. The summed E-state index contributed by atoms with van der Waals surface area (Å²) in [4.78, 5) is 11.4. The molecule has 0 atom stereocenters. The van der Waals surface area contributed by atoms with Gasteiger partial charge in [0.2, 0.25) is 15.9 Å². The molecule has 0 saturated carbocycles. The van der Waals surface area contributed by atoms with Crippen molar-refractivity contribution in [1.82, 2.24) is 0 Å². The van der Waals surface area contributed by atoms with E-state index >= 15 is 0 Å². The Hall–Kier alpha value is -1.09. The molecule has 0 heterocycles. The summed E-state index contributed by atoms with van der Waals surface area (Å²) >= 11 is 1.31. The number of nitrogens with one attached hydrogen (secondary N) is 1. The number of primary sulfonamides is 1. The number of benzene rings is 1. The van der Waals surface area contributed by atoms with Gasteiger partial charge in [0.25, 0.3) is 0 Å². The lowest BCUT2D eigenvalue weighted by Crippen LogP contribution is -2.15. The number of thioether (sulfide) groups is 1. The summed E-state index contributed by atoms with van der Waals surface area (Å²) in [5, 5.41) is 16.1. The summed E-state index contributed by atoms with van der Waals surface area (Å²) in [5.74, 6) is 0.520. The summed E-state index contributed by atoms with van der Waals surface area (Å²) < 4.78 is 22.0. The van der Waals surface area contributed by atoms with E-state index in [0.717, 1.165) is 0 Å². The van der Waals surface area contributed by atoms with Gasteiger partial charge in [-0.1, -0.05) is 0 Å². The Morgan fingerprint density at radius 3 is 2.44 bits per heavy atom. The van der Waals surface area contributed by atoms with Crippen molar-refractivity contribution in [1.29, 1.82) is 0 Å². The Labute approximate surface area is 110 Å². The summed E-state index contributed by atoms with van der Waals surface area (Å²) in [6, 6.07) is 5.58. The molecule has 0 bridgehead atoms. The molecule has 1 amide bonds. The first-order valence-corrected chi connectivity index (χ1v) is 7.75. The van der Waals surface area contributed by atoms with E-state index in [1.165, 1.54) is 36.0 Å². The van der Waals surface area contributed by atoms with Gasteiger partial charge in [0.1, 0.15) is 0 Å². The largest absolute Gasteiger partial charge is 0.396 e. The van der Waals surface area contributed by atoms with E-state index < -0.39 is 10.0 Å². The monoisotopic (exact) mass is 290 g/mol. The van der Waals surface area contributed by atoms with Crippen LogP contribution in [0, 0.1) is 0 Å². The maximum Gasteiger partial charge on any atom is 0.238 e. The first-order chi connectivity index (χ1) is 8.43. The van der Waals surface area contributed by atoms with E-state index in [0.29, 0.717) is 11.4 Å². The van der Waals surface area contributed by atoms with Gasteiger partial charge >= 0.3 is 0 Å². The third-order valence-electron chi connectivity index (χ3n) is 1.94. The molecule has 6 nitrogen and oxygen atoms in total. The van der Waals surface area contributed by atoms with Crippen LogP contribution in [-0.2, 0) is 14.8 Å². The Bertz CT molecular complexity index is 499. The Balaban J connectivity index is 2.56. The number of anilines is 1. The number of carbonyl (C=O) groups is 1. The molecule has 0 aliphatic carbocycles. The van der Waals surface area contributed by atoms with Gasteiger partial charge in [-0.3, -0.25) is 4.79 Å². The normalized spacial score (nSPS) is 11.2. The molecular formula is C10H14N2O4S2. The SMILES string of the molecule is NS(=O)(=O)c1ccc(NC(=O)CSCCO)cc1. The van der Waals surface area contributed by atoms with Crippen LogP contribution >= 0.6 is 11.8 Å². The fourth-order valence-corrected chi connectivity index (χ4v) is 2.20. The van der Waals surface area contributed by atoms with Gasteiger partial charge in [-0.15, -0.1) is 11.8 Å². The number of aliphatic hydroxyl groups excluding tert-OH is 1. The molecule has 0 fully saturated rings. The molecular weight excluding hydrogens is 276 g/mol. The van der Waals surface area contributed by atoms with E-state index in [9.17, 15) is 13.2 Å². The van der Waals surface area contributed by atoms with Gasteiger partial charge < -0.3 is 10.4 Å². The summed E-state index contributed by atoms with van der Waals surface area (Å²) in [6.07, 6.45) is 0. The highest BCUT2D eigenvalue weighted by molar-refractivity contribution is 7.99. The van der Waals surface area contributed by atoms with Crippen molar-refractivity contribution in [2.75, 3.05) is 23.4 Å². The lowest BCUT2D eigenvalue weighted by molar-refractivity contribution is -0.113. The van der Waals surface area contributed by atoms with Crippen molar-refractivity contribution in [3.63, 3.8) is 0 Å². The zero-order valence-corrected chi connectivity index (χ0v) is 11.1. The summed E-state index contributed by atoms with van der Waals surface area (Å²) in [5.41, 5.74) is 0.497. The topological polar surface area (TPSA) is 109 Å². The highest BCUT2D eigenvalue weighted by atomic mass is 32.2. The van der Waals surface area contributed by atoms with E-state index in [1.54, 1.807) is 0 Å². The predicted octanol–water partition coefficient (Wildman–Crippen LogP) is -0.00200. The molecule has 0 unspecified atom stereocenters. The molecule has 0 aromatic heterocycles. The molecule has 1 aromatic rings. The fourth-order valence-electron chi connectivity index (χ4n) is 1.15. The van der Waals surface area contributed by atoms with Crippen LogP contribution in [0.25, 0.3) is 0 Å². The molecule has 8 heteroatoms. The predicted molar refractivity (Wildman–Crippen MR) is 70.9 cm³/mol. The van der Waals surface area contributed by atoms with Crippen LogP contribution in [0.4, 0.5) is 5.69 Å². The number of sulfonamides is 1. The smallest absolute Gasteiger partial charge is 0.238 e. The molecule has 1 aromatic carbocycles. The van der Waals surface area contributed by atoms with Crippen LogP contribution in [0.1, 0.15) is 0 Å². The highest BCUT2D eigenvalue weighted by Gasteiger charge is 2.07. The maximum absolute atomic E-state index is 11.4. The number of aliphatic hydroxyl groups is 1. The zero-order chi connectivity index (χ0) is 13.6.